The van der Waals surface area contributed by atoms with Crippen LogP contribution in [-0.2, 0) is 0 Å². The third kappa shape index (κ3) is 4.55. The molecule has 2 aliphatic rings. The predicted molar refractivity (Wildman–Crippen MR) is 78.8 cm³/mol. The van der Waals surface area contributed by atoms with E-state index in [1.165, 1.54) is 71.1 Å². The SMILES string of the molecule is CCC1CCC(CNCC2CCN(C)CC2)CC1. The van der Waals surface area contributed by atoms with Crippen molar-refractivity contribution in [2.75, 3.05) is 33.2 Å². The number of nitrogens with one attached hydrogen (secondary N) is 1. The summed E-state index contributed by atoms with van der Waals surface area (Å²) in [6.45, 7) is 7.50. The van der Waals surface area contributed by atoms with Crippen molar-refractivity contribution in [1.82, 2.24) is 10.2 Å². The van der Waals surface area contributed by atoms with Gasteiger partial charge in [-0.3, -0.25) is 0 Å². The molecule has 0 aromatic carbocycles. The van der Waals surface area contributed by atoms with Crippen LogP contribution < -0.4 is 5.32 Å². The van der Waals surface area contributed by atoms with E-state index in [9.17, 15) is 0 Å². The topological polar surface area (TPSA) is 15.3 Å². The van der Waals surface area contributed by atoms with Crippen LogP contribution in [0.25, 0.3) is 0 Å². The van der Waals surface area contributed by atoms with Crippen LogP contribution >= 0.6 is 0 Å². The van der Waals surface area contributed by atoms with Gasteiger partial charge in [0.05, 0.1) is 0 Å². The minimum absolute atomic E-state index is 0.938. The molecule has 1 aliphatic carbocycles. The molecule has 18 heavy (non-hydrogen) atoms. The molecule has 2 fully saturated rings. The van der Waals surface area contributed by atoms with E-state index >= 15 is 0 Å². The van der Waals surface area contributed by atoms with E-state index in [4.69, 9.17) is 0 Å². The highest BCUT2D eigenvalue weighted by Crippen LogP contribution is 2.30. The van der Waals surface area contributed by atoms with Gasteiger partial charge in [-0.05, 0) is 76.7 Å². The molecule has 0 radical (unpaired) electrons. The normalized spacial score (nSPS) is 31.7. The molecule has 0 amide bonds. The fraction of sp³-hybridized carbons (Fsp3) is 1.00. The Balaban J connectivity index is 1.53. The Bertz CT molecular complexity index is 213. The Morgan fingerprint density at radius 1 is 0.833 bits per heavy atom. The van der Waals surface area contributed by atoms with Gasteiger partial charge >= 0.3 is 0 Å². The average molecular weight is 252 g/mol. The van der Waals surface area contributed by atoms with Gasteiger partial charge in [0, 0.05) is 0 Å². The molecule has 0 aromatic rings. The van der Waals surface area contributed by atoms with E-state index in [1.807, 2.05) is 0 Å². The van der Waals surface area contributed by atoms with Crippen LogP contribution in [0, 0.1) is 17.8 Å². The van der Waals surface area contributed by atoms with Crippen LogP contribution in [0.5, 0.6) is 0 Å². The summed E-state index contributed by atoms with van der Waals surface area (Å²) in [4.78, 5) is 2.46. The van der Waals surface area contributed by atoms with Crippen molar-refractivity contribution >= 4 is 0 Å². The van der Waals surface area contributed by atoms with Crippen molar-refractivity contribution in [3.05, 3.63) is 0 Å². The number of nitrogens with zero attached hydrogens (tertiary/aromatic N) is 1. The molecule has 0 unspecified atom stereocenters. The van der Waals surface area contributed by atoms with E-state index in [0.717, 1.165) is 17.8 Å². The first-order valence-electron chi connectivity index (χ1n) is 8.17. The molecule has 2 nitrogen and oxygen atoms in total. The van der Waals surface area contributed by atoms with Crippen LogP contribution in [0.4, 0.5) is 0 Å². The summed E-state index contributed by atoms with van der Waals surface area (Å²) in [5.74, 6) is 2.95. The second kappa shape index (κ2) is 7.49. The van der Waals surface area contributed by atoms with Crippen molar-refractivity contribution in [3.8, 4) is 0 Å². The van der Waals surface area contributed by atoms with E-state index < -0.39 is 0 Å². The zero-order valence-electron chi connectivity index (χ0n) is 12.5. The highest BCUT2D eigenvalue weighted by Gasteiger charge is 2.20. The first-order valence-corrected chi connectivity index (χ1v) is 8.17. The molecular weight excluding hydrogens is 220 g/mol. The Kier molecular flexibility index (Phi) is 5.97. The van der Waals surface area contributed by atoms with Gasteiger partial charge in [-0.2, -0.15) is 0 Å². The van der Waals surface area contributed by atoms with Gasteiger partial charge in [-0.1, -0.05) is 26.2 Å². The maximum Gasteiger partial charge on any atom is -0.00187 e. The number of likely N-dealkylation sites (tertiary alicyclic amines) is 1. The molecule has 1 aliphatic heterocycles. The number of rotatable bonds is 5. The van der Waals surface area contributed by atoms with Crippen molar-refractivity contribution in [2.45, 2.75) is 51.9 Å². The summed E-state index contributed by atoms with van der Waals surface area (Å²) in [5, 5.41) is 3.75. The van der Waals surface area contributed by atoms with Gasteiger partial charge in [0.25, 0.3) is 0 Å². The predicted octanol–water partition coefficient (Wildman–Crippen LogP) is 3.13. The summed E-state index contributed by atoms with van der Waals surface area (Å²) in [7, 11) is 2.25. The van der Waals surface area contributed by atoms with Crippen LogP contribution in [0.2, 0.25) is 0 Å². The zero-order chi connectivity index (χ0) is 12.8. The van der Waals surface area contributed by atoms with Gasteiger partial charge in [-0.15, -0.1) is 0 Å². The fourth-order valence-corrected chi connectivity index (χ4v) is 3.60. The number of piperidine rings is 1. The number of hydrogen-bond donors (Lipinski definition) is 1. The van der Waals surface area contributed by atoms with Gasteiger partial charge in [0.15, 0.2) is 0 Å². The lowest BCUT2D eigenvalue weighted by molar-refractivity contribution is 0.209. The molecule has 106 valence electrons. The van der Waals surface area contributed by atoms with E-state index in [2.05, 4.69) is 24.2 Å². The van der Waals surface area contributed by atoms with E-state index in [1.54, 1.807) is 0 Å². The minimum Gasteiger partial charge on any atom is -0.316 e. The van der Waals surface area contributed by atoms with Gasteiger partial charge in [-0.25, -0.2) is 0 Å². The summed E-state index contributed by atoms with van der Waals surface area (Å²) in [6.07, 6.45) is 10.1. The van der Waals surface area contributed by atoms with Crippen LogP contribution in [0.1, 0.15) is 51.9 Å². The minimum atomic E-state index is 0.938. The van der Waals surface area contributed by atoms with Gasteiger partial charge in [0.2, 0.25) is 0 Å². The molecule has 0 spiro atoms. The van der Waals surface area contributed by atoms with Crippen molar-refractivity contribution in [3.63, 3.8) is 0 Å². The number of hydrogen-bond acceptors (Lipinski definition) is 2. The van der Waals surface area contributed by atoms with E-state index in [0.29, 0.717) is 0 Å². The molecule has 2 heteroatoms. The quantitative estimate of drug-likeness (QED) is 0.808. The summed E-state index contributed by atoms with van der Waals surface area (Å²) >= 11 is 0. The lowest BCUT2D eigenvalue weighted by Gasteiger charge is -2.31. The van der Waals surface area contributed by atoms with Crippen LogP contribution in [0.15, 0.2) is 0 Å². The van der Waals surface area contributed by atoms with Crippen molar-refractivity contribution < 1.29 is 0 Å². The van der Waals surface area contributed by atoms with Crippen LogP contribution in [-0.4, -0.2) is 38.1 Å². The van der Waals surface area contributed by atoms with Crippen LogP contribution in [0.3, 0.4) is 0 Å². The summed E-state index contributed by atoms with van der Waals surface area (Å²) < 4.78 is 0. The molecule has 1 N–H and O–H groups in total. The molecular formula is C16H32N2. The van der Waals surface area contributed by atoms with Gasteiger partial charge in [0.1, 0.15) is 0 Å². The molecule has 0 bridgehead atoms. The maximum atomic E-state index is 3.75. The molecule has 0 atom stereocenters. The maximum absolute atomic E-state index is 3.75. The second-order valence-corrected chi connectivity index (χ2v) is 6.70. The standard InChI is InChI=1S/C16H32N2/c1-3-14-4-6-15(7-5-14)12-17-13-16-8-10-18(2)11-9-16/h14-17H,3-13H2,1-2H3. The van der Waals surface area contributed by atoms with Crippen molar-refractivity contribution in [1.29, 1.82) is 0 Å². The van der Waals surface area contributed by atoms with Gasteiger partial charge < -0.3 is 10.2 Å². The van der Waals surface area contributed by atoms with E-state index in [-0.39, 0.29) is 0 Å². The third-order valence-electron chi connectivity index (χ3n) is 5.25. The third-order valence-corrected chi connectivity index (χ3v) is 5.25. The molecule has 0 aromatic heterocycles. The first kappa shape index (κ1) is 14.3. The Labute approximate surface area is 114 Å². The average Bonchev–Trinajstić information content (AvgIpc) is 2.42. The second-order valence-electron chi connectivity index (χ2n) is 6.70. The Morgan fingerprint density at radius 3 is 1.89 bits per heavy atom. The zero-order valence-corrected chi connectivity index (χ0v) is 12.5. The smallest absolute Gasteiger partial charge is 0.00187 e. The largest absolute Gasteiger partial charge is 0.316 e. The summed E-state index contributed by atoms with van der Waals surface area (Å²) in [5.41, 5.74) is 0. The summed E-state index contributed by atoms with van der Waals surface area (Å²) in [6, 6.07) is 0. The molecule has 1 saturated heterocycles. The first-order chi connectivity index (χ1) is 8.78. The highest BCUT2D eigenvalue weighted by atomic mass is 15.1. The molecule has 2 rings (SSSR count). The highest BCUT2D eigenvalue weighted by molar-refractivity contribution is 4.76. The Hall–Kier alpha value is -0.0800. The lowest BCUT2D eigenvalue weighted by atomic mass is 9.81. The monoisotopic (exact) mass is 252 g/mol. The lowest BCUT2D eigenvalue weighted by Crippen LogP contribution is -2.36. The molecule has 1 saturated carbocycles. The van der Waals surface area contributed by atoms with Crippen molar-refractivity contribution in [2.24, 2.45) is 17.8 Å². The molecule has 1 heterocycles. The Morgan fingerprint density at radius 2 is 1.33 bits per heavy atom. The fourth-order valence-electron chi connectivity index (χ4n) is 3.60.